The van der Waals surface area contributed by atoms with Gasteiger partial charge in [0.25, 0.3) is 0 Å². The van der Waals surface area contributed by atoms with Crippen LogP contribution < -0.4 is 10.5 Å². The van der Waals surface area contributed by atoms with Crippen molar-refractivity contribution in [3.05, 3.63) is 29.3 Å². The predicted molar refractivity (Wildman–Crippen MR) is 84.2 cm³/mol. The van der Waals surface area contributed by atoms with Crippen LogP contribution in [0.4, 0.5) is 0 Å². The number of benzene rings is 1. The van der Waals surface area contributed by atoms with Crippen molar-refractivity contribution in [3.63, 3.8) is 0 Å². The van der Waals surface area contributed by atoms with Gasteiger partial charge in [-0.3, -0.25) is 0 Å². The van der Waals surface area contributed by atoms with Crippen LogP contribution in [0.15, 0.2) is 23.1 Å². The summed E-state index contributed by atoms with van der Waals surface area (Å²) in [6.07, 6.45) is 3.09. The minimum absolute atomic E-state index is 0.196. The summed E-state index contributed by atoms with van der Waals surface area (Å²) in [5, 5.41) is 0. The van der Waals surface area contributed by atoms with Gasteiger partial charge in [0.2, 0.25) is 10.0 Å². The molecule has 1 aliphatic rings. The lowest BCUT2D eigenvalue weighted by atomic mass is 9.94. The first kappa shape index (κ1) is 15.4. The molecule has 6 heteroatoms. The van der Waals surface area contributed by atoms with E-state index in [2.05, 4.69) is 4.72 Å². The van der Waals surface area contributed by atoms with Crippen LogP contribution in [0, 0.1) is 5.41 Å². The zero-order valence-corrected chi connectivity index (χ0v) is 13.4. The van der Waals surface area contributed by atoms with Crippen molar-refractivity contribution in [2.24, 2.45) is 11.1 Å². The molecule has 0 aliphatic heterocycles. The van der Waals surface area contributed by atoms with E-state index in [1.165, 1.54) is 5.56 Å². The molecule has 110 valence electrons. The zero-order chi connectivity index (χ0) is 15.0. The number of rotatable bonds is 5. The van der Waals surface area contributed by atoms with Crippen LogP contribution in [0.2, 0.25) is 0 Å². The molecule has 0 aromatic heterocycles. The minimum Gasteiger partial charge on any atom is -0.393 e. The maximum atomic E-state index is 12.3. The van der Waals surface area contributed by atoms with Crippen LogP contribution in [0.25, 0.3) is 0 Å². The molecule has 0 bridgehead atoms. The smallest absolute Gasteiger partial charge is 0.240 e. The Morgan fingerprint density at radius 2 is 2.00 bits per heavy atom. The van der Waals surface area contributed by atoms with Gasteiger partial charge in [0, 0.05) is 12.0 Å². The standard InChI is InChI=1S/C14H20N2O2S2/c1-14(2,13(15)19)9-16-20(17,18)12-7-6-10-4-3-5-11(10)8-12/h6-8,16H,3-5,9H2,1-2H3,(H2,15,19). The van der Waals surface area contributed by atoms with Crippen LogP contribution >= 0.6 is 12.2 Å². The molecule has 0 saturated carbocycles. The third kappa shape index (κ3) is 3.19. The number of hydrogen-bond donors (Lipinski definition) is 2. The molecule has 0 spiro atoms. The lowest BCUT2D eigenvalue weighted by Gasteiger charge is -2.23. The molecule has 4 nitrogen and oxygen atoms in total. The summed E-state index contributed by atoms with van der Waals surface area (Å²) >= 11 is 4.94. The number of nitrogens with two attached hydrogens (primary N) is 1. The van der Waals surface area contributed by atoms with Crippen LogP contribution in [0.3, 0.4) is 0 Å². The van der Waals surface area contributed by atoms with E-state index >= 15 is 0 Å². The van der Waals surface area contributed by atoms with Crippen LogP contribution in [-0.2, 0) is 22.9 Å². The van der Waals surface area contributed by atoms with E-state index in [9.17, 15) is 8.42 Å². The number of hydrogen-bond acceptors (Lipinski definition) is 3. The first-order chi connectivity index (χ1) is 9.22. The summed E-state index contributed by atoms with van der Waals surface area (Å²) in [6.45, 7) is 3.84. The summed E-state index contributed by atoms with van der Waals surface area (Å²) in [5.41, 5.74) is 7.46. The first-order valence-electron chi connectivity index (χ1n) is 6.64. The Morgan fingerprint density at radius 1 is 1.35 bits per heavy atom. The largest absolute Gasteiger partial charge is 0.393 e. The topological polar surface area (TPSA) is 72.2 Å². The second-order valence-corrected chi connectivity index (χ2v) is 8.06. The fourth-order valence-corrected chi connectivity index (χ4v) is 3.50. The van der Waals surface area contributed by atoms with E-state index in [-0.39, 0.29) is 6.54 Å². The zero-order valence-electron chi connectivity index (χ0n) is 11.8. The van der Waals surface area contributed by atoms with E-state index in [4.69, 9.17) is 18.0 Å². The molecule has 1 aromatic carbocycles. The van der Waals surface area contributed by atoms with Gasteiger partial charge in [0.1, 0.15) is 0 Å². The van der Waals surface area contributed by atoms with E-state index in [1.54, 1.807) is 12.1 Å². The molecule has 1 aromatic rings. The quantitative estimate of drug-likeness (QED) is 0.813. The van der Waals surface area contributed by atoms with Gasteiger partial charge >= 0.3 is 0 Å². The Kier molecular flexibility index (Phi) is 4.18. The molecule has 0 atom stereocenters. The monoisotopic (exact) mass is 312 g/mol. The van der Waals surface area contributed by atoms with Crippen molar-refractivity contribution in [3.8, 4) is 0 Å². The third-order valence-corrected chi connectivity index (χ3v) is 5.70. The highest BCUT2D eigenvalue weighted by molar-refractivity contribution is 7.89. The molecular formula is C14H20N2O2S2. The van der Waals surface area contributed by atoms with Gasteiger partial charge in [0.05, 0.1) is 9.88 Å². The van der Waals surface area contributed by atoms with Crippen molar-refractivity contribution < 1.29 is 8.42 Å². The summed E-state index contributed by atoms with van der Waals surface area (Å²) in [6, 6.07) is 5.36. The number of sulfonamides is 1. The Morgan fingerprint density at radius 3 is 2.65 bits per heavy atom. The Balaban J connectivity index is 2.17. The molecule has 0 heterocycles. The lowest BCUT2D eigenvalue weighted by Crippen LogP contribution is -2.41. The van der Waals surface area contributed by atoms with Gasteiger partial charge in [-0.25, -0.2) is 13.1 Å². The van der Waals surface area contributed by atoms with Gasteiger partial charge in [-0.15, -0.1) is 0 Å². The first-order valence-corrected chi connectivity index (χ1v) is 8.53. The highest BCUT2D eigenvalue weighted by atomic mass is 32.2. The summed E-state index contributed by atoms with van der Waals surface area (Å²) in [5.74, 6) is 0. The molecule has 20 heavy (non-hydrogen) atoms. The van der Waals surface area contributed by atoms with Crippen molar-refractivity contribution in [1.82, 2.24) is 4.72 Å². The number of fused-ring (bicyclic) bond motifs is 1. The van der Waals surface area contributed by atoms with Gasteiger partial charge < -0.3 is 5.73 Å². The van der Waals surface area contributed by atoms with E-state index in [0.717, 1.165) is 24.8 Å². The molecule has 0 fully saturated rings. The maximum Gasteiger partial charge on any atom is 0.240 e. The van der Waals surface area contributed by atoms with Crippen LogP contribution in [0.5, 0.6) is 0 Å². The Bertz CT molecular complexity index is 637. The normalized spacial score (nSPS) is 15.1. The predicted octanol–water partition coefficient (Wildman–Crippen LogP) is 1.77. The molecule has 0 amide bonds. The average molecular weight is 312 g/mol. The number of thiocarbonyl (C=S) groups is 1. The molecule has 3 N–H and O–H groups in total. The summed E-state index contributed by atoms with van der Waals surface area (Å²) in [7, 11) is -3.51. The van der Waals surface area contributed by atoms with Gasteiger partial charge in [-0.1, -0.05) is 32.1 Å². The van der Waals surface area contributed by atoms with Crippen molar-refractivity contribution in [2.75, 3.05) is 6.54 Å². The van der Waals surface area contributed by atoms with Crippen LogP contribution in [0.1, 0.15) is 31.4 Å². The molecule has 1 aliphatic carbocycles. The van der Waals surface area contributed by atoms with E-state index in [1.807, 2.05) is 19.9 Å². The second-order valence-electron chi connectivity index (χ2n) is 5.86. The third-order valence-electron chi connectivity index (χ3n) is 3.75. The number of nitrogens with one attached hydrogen (secondary N) is 1. The van der Waals surface area contributed by atoms with E-state index in [0.29, 0.717) is 9.88 Å². The number of aryl methyl sites for hydroxylation is 2. The van der Waals surface area contributed by atoms with Crippen molar-refractivity contribution >= 4 is 27.2 Å². The average Bonchev–Trinajstić information content (AvgIpc) is 2.83. The van der Waals surface area contributed by atoms with Crippen molar-refractivity contribution in [1.29, 1.82) is 0 Å². The van der Waals surface area contributed by atoms with Gasteiger partial charge in [0.15, 0.2) is 0 Å². The summed E-state index contributed by atoms with van der Waals surface area (Å²) in [4.78, 5) is 0.617. The summed E-state index contributed by atoms with van der Waals surface area (Å²) < 4.78 is 27.2. The second kappa shape index (κ2) is 5.42. The van der Waals surface area contributed by atoms with E-state index < -0.39 is 15.4 Å². The fraction of sp³-hybridized carbons (Fsp3) is 0.500. The minimum atomic E-state index is -3.51. The maximum absolute atomic E-state index is 12.3. The highest BCUT2D eigenvalue weighted by Crippen LogP contribution is 2.25. The highest BCUT2D eigenvalue weighted by Gasteiger charge is 2.25. The Labute approximate surface area is 125 Å². The fourth-order valence-electron chi connectivity index (χ4n) is 2.16. The Hall–Kier alpha value is -0.980. The van der Waals surface area contributed by atoms with Crippen molar-refractivity contribution in [2.45, 2.75) is 38.0 Å². The molecular weight excluding hydrogens is 292 g/mol. The lowest BCUT2D eigenvalue weighted by molar-refractivity contribution is 0.501. The van der Waals surface area contributed by atoms with Crippen LogP contribution in [-0.4, -0.2) is 20.0 Å². The SMILES string of the molecule is CC(C)(CNS(=O)(=O)c1ccc2c(c1)CCC2)C(N)=S. The molecule has 0 unspecified atom stereocenters. The molecule has 0 radical (unpaired) electrons. The molecule has 2 rings (SSSR count). The van der Waals surface area contributed by atoms with Gasteiger partial charge in [-0.05, 0) is 42.5 Å². The molecule has 0 saturated heterocycles. The van der Waals surface area contributed by atoms with Gasteiger partial charge in [-0.2, -0.15) is 0 Å².